The number of carboxylic acids is 1. The minimum atomic E-state index is -0.999. The molecule has 23 heavy (non-hydrogen) atoms. The third-order valence-corrected chi connectivity index (χ3v) is 6.00. The minimum absolute atomic E-state index is 0.196. The number of amides is 2. The molecular weight excluding hydrogens is 316 g/mol. The zero-order valence-electron chi connectivity index (χ0n) is 13.1. The van der Waals surface area contributed by atoms with E-state index in [9.17, 15) is 19.5 Å². The Balaban J connectivity index is 1.64. The molecule has 2 fully saturated rings. The fraction of sp³-hybridized carbons (Fsp3) is 0.562. The molecule has 0 bridgehead atoms. The van der Waals surface area contributed by atoms with Gasteiger partial charge in [0.1, 0.15) is 17.5 Å². The molecule has 1 aliphatic carbocycles. The molecule has 0 saturated carbocycles. The van der Waals surface area contributed by atoms with E-state index < -0.39 is 22.8 Å². The lowest BCUT2D eigenvalue weighted by Gasteiger charge is -2.43. The van der Waals surface area contributed by atoms with Crippen LogP contribution in [0, 0.1) is 0 Å². The highest BCUT2D eigenvalue weighted by Crippen LogP contribution is 2.50. The van der Waals surface area contributed by atoms with E-state index in [0.29, 0.717) is 0 Å². The van der Waals surface area contributed by atoms with Gasteiger partial charge in [0, 0.05) is 4.75 Å². The van der Waals surface area contributed by atoms with Gasteiger partial charge in [-0.15, -0.1) is 11.8 Å². The van der Waals surface area contributed by atoms with Gasteiger partial charge in [-0.2, -0.15) is 0 Å². The Morgan fingerprint density at radius 1 is 1.43 bits per heavy atom. The van der Waals surface area contributed by atoms with Crippen LogP contribution in [-0.2, 0) is 14.4 Å². The van der Waals surface area contributed by atoms with Crippen LogP contribution in [0.5, 0.6) is 0 Å². The molecule has 0 spiro atoms. The molecule has 0 aromatic heterocycles. The van der Waals surface area contributed by atoms with Gasteiger partial charge in [-0.1, -0.05) is 18.2 Å². The van der Waals surface area contributed by atoms with Crippen molar-refractivity contribution >= 4 is 29.5 Å². The Hall–Kier alpha value is -1.76. The first kappa shape index (κ1) is 16.1. The molecule has 3 rings (SSSR count). The van der Waals surface area contributed by atoms with Crippen LogP contribution in [-0.4, -0.2) is 50.0 Å². The van der Waals surface area contributed by atoms with Crippen LogP contribution in [0.3, 0.4) is 0 Å². The molecule has 124 valence electrons. The molecular formula is C16H20N2O4S. The Morgan fingerprint density at radius 2 is 2.17 bits per heavy atom. The lowest BCUT2D eigenvalue weighted by atomic mass is 9.96. The SMILES string of the molecule is CC1(C)SC2[C@H](NC(=O)CC3=CCCC=C3)C(=O)N2C1C(=O)O. The van der Waals surface area contributed by atoms with Crippen molar-refractivity contribution in [2.24, 2.45) is 0 Å². The number of β-lactam (4-membered cyclic amide) rings is 1. The smallest absolute Gasteiger partial charge is 0.327 e. The van der Waals surface area contributed by atoms with Gasteiger partial charge < -0.3 is 15.3 Å². The molecule has 2 amide bonds. The van der Waals surface area contributed by atoms with Gasteiger partial charge in [-0.05, 0) is 32.3 Å². The molecule has 0 aromatic rings. The summed E-state index contributed by atoms with van der Waals surface area (Å²) in [7, 11) is 0. The molecule has 2 saturated heterocycles. The molecule has 2 unspecified atom stereocenters. The first-order chi connectivity index (χ1) is 10.8. The van der Waals surface area contributed by atoms with Crippen LogP contribution in [0.15, 0.2) is 23.8 Å². The number of carbonyl (C=O) groups excluding carboxylic acids is 2. The standard InChI is InChI=1S/C16H20N2O4S/c1-16(2)12(15(21)22)18-13(20)11(14(18)23-16)17-10(19)8-9-6-4-3-5-7-9/h4,6-7,11-12,14H,3,5,8H2,1-2H3,(H,17,19)(H,21,22)/t11-,12?,14?/m1/s1. The summed E-state index contributed by atoms with van der Waals surface area (Å²) < 4.78 is -0.569. The van der Waals surface area contributed by atoms with E-state index in [0.717, 1.165) is 18.4 Å². The quantitative estimate of drug-likeness (QED) is 0.755. The van der Waals surface area contributed by atoms with Gasteiger partial charge in [-0.25, -0.2) is 4.79 Å². The van der Waals surface area contributed by atoms with Crippen molar-refractivity contribution in [1.29, 1.82) is 0 Å². The molecule has 3 aliphatic rings. The summed E-state index contributed by atoms with van der Waals surface area (Å²) in [5, 5.41) is 11.8. The second kappa shape index (κ2) is 5.70. The monoisotopic (exact) mass is 336 g/mol. The number of allylic oxidation sites excluding steroid dienone is 3. The van der Waals surface area contributed by atoms with Crippen LogP contribution in [0.2, 0.25) is 0 Å². The third kappa shape index (κ3) is 2.78. The first-order valence-electron chi connectivity index (χ1n) is 7.69. The van der Waals surface area contributed by atoms with Gasteiger partial charge in [0.25, 0.3) is 0 Å². The summed E-state index contributed by atoms with van der Waals surface area (Å²) in [6.45, 7) is 3.64. The molecule has 2 N–H and O–H groups in total. The zero-order chi connectivity index (χ0) is 16.8. The topological polar surface area (TPSA) is 86.7 Å². The van der Waals surface area contributed by atoms with E-state index in [2.05, 4.69) is 5.32 Å². The Bertz CT molecular complexity index is 626. The predicted octanol–water partition coefficient (Wildman–Crippen LogP) is 1.28. The molecule has 0 aromatic carbocycles. The maximum atomic E-state index is 12.3. The van der Waals surface area contributed by atoms with Crippen LogP contribution in [0.4, 0.5) is 0 Å². The fourth-order valence-corrected chi connectivity index (χ4v) is 4.98. The normalized spacial score (nSPS) is 31.2. The summed E-state index contributed by atoms with van der Waals surface area (Å²) in [6.07, 6.45) is 8.18. The zero-order valence-corrected chi connectivity index (χ0v) is 13.9. The van der Waals surface area contributed by atoms with Crippen molar-refractivity contribution in [3.05, 3.63) is 23.8 Å². The summed E-state index contributed by atoms with van der Waals surface area (Å²) in [4.78, 5) is 37.2. The van der Waals surface area contributed by atoms with Crippen molar-refractivity contribution in [1.82, 2.24) is 10.2 Å². The fourth-order valence-electron chi connectivity index (χ4n) is 3.35. The lowest BCUT2D eigenvalue weighted by molar-refractivity contribution is -0.161. The highest BCUT2D eigenvalue weighted by molar-refractivity contribution is 8.01. The number of hydrogen-bond donors (Lipinski definition) is 2. The average Bonchev–Trinajstić information content (AvgIpc) is 2.74. The Kier molecular flexibility index (Phi) is 4.00. The lowest BCUT2D eigenvalue weighted by Crippen LogP contribution is -2.70. The summed E-state index contributed by atoms with van der Waals surface area (Å²) in [5.41, 5.74) is 0.959. The maximum absolute atomic E-state index is 12.3. The number of thioether (sulfide) groups is 1. The number of carboxylic acid groups (broad SMARTS) is 1. The Morgan fingerprint density at radius 3 is 2.78 bits per heavy atom. The summed E-state index contributed by atoms with van der Waals surface area (Å²) in [6, 6.07) is -1.47. The van der Waals surface area contributed by atoms with Crippen molar-refractivity contribution in [3.63, 3.8) is 0 Å². The van der Waals surface area contributed by atoms with Crippen molar-refractivity contribution in [2.75, 3.05) is 0 Å². The van der Waals surface area contributed by atoms with E-state index in [1.165, 1.54) is 16.7 Å². The number of hydrogen-bond acceptors (Lipinski definition) is 4. The molecule has 0 radical (unpaired) electrons. The number of rotatable bonds is 4. The van der Waals surface area contributed by atoms with Crippen molar-refractivity contribution < 1.29 is 19.5 Å². The number of nitrogens with zero attached hydrogens (tertiary/aromatic N) is 1. The van der Waals surface area contributed by atoms with Crippen LogP contribution in [0.25, 0.3) is 0 Å². The van der Waals surface area contributed by atoms with Crippen molar-refractivity contribution in [3.8, 4) is 0 Å². The van der Waals surface area contributed by atoms with Gasteiger partial charge in [0.05, 0.1) is 6.42 Å². The predicted molar refractivity (Wildman–Crippen MR) is 86.7 cm³/mol. The second-order valence-electron chi connectivity index (χ2n) is 6.58. The van der Waals surface area contributed by atoms with Crippen LogP contribution < -0.4 is 5.32 Å². The van der Waals surface area contributed by atoms with E-state index in [1.807, 2.05) is 32.1 Å². The van der Waals surface area contributed by atoms with E-state index in [4.69, 9.17) is 0 Å². The van der Waals surface area contributed by atoms with Gasteiger partial charge in [0.2, 0.25) is 11.8 Å². The minimum Gasteiger partial charge on any atom is -0.480 e. The van der Waals surface area contributed by atoms with Gasteiger partial charge in [0.15, 0.2) is 0 Å². The number of nitrogens with one attached hydrogen (secondary N) is 1. The molecule has 2 aliphatic heterocycles. The van der Waals surface area contributed by atoms with Gasteiger partial charge >= 0.3 is 5.97 Å². The number of fused-ring (bicyclic) bond motifs is 1. The maximum Gasteiger partial charge on any atom is 0.327 e. The number of aliphatic carboxylic acids is 1. The summed E-state index contributed by atoms with van der Waals surface area (Å²) in [5.74, 6) is -1.50. The summed E-state index contributed by atoms with van der Waals surface area (Å²) >= 11 is 1.43. The average molecular weight is 336 g/mol. The molecule has 3 atom stereocenters. The molecule has 6 nitrogen and oxygen atoms in total. The van der Waals surface area contributed by atoms with Crippen LogP contribution >= 0.6 is 11.8 Å². The Labute approximate surface area is 139 Å². The van der Waals surface area contributed by atoms with E-state index in [1.54, 1.807) is 0 Å². The van der Waals surface area contributed by atoms with E-state index in [-0.39, 0.29) is 23.6 Å². The van der Waals surface area contributed by atoms with E-state index >= 15 is 0 Å². The molecule has 7 heteroatoms. The van der Waals surface area contributed by atoms with Gasteiger partial charge in [-0.3, -0.25) is 9.59 Å². The number of carbonyl (C=O) groups is 3. The van der Waals surface area contributed by atoms with Crippen molar-refractivity contribution in [2.45, 2.75) is 55.3 Å². The second-order valence-corrected chi connectivity index (χ2v) is 8.35. The highest BCUT2D eigenvalue weighted by Gasteiger charge is 2.64. The first-order valence-corrected chi connectivity index (χ1v) is 8.57. The third-order valence-electron chi connectivity index (χ3n) is 4.43. The highest BCUT2D eigenvalue weighted by atomic mass is 32.2. The van der Waals surface area contributed by atoms with Crippen LogP contribution in [0.1, 0.15) is 33.1 Å². The molecule has 2 heterocycles. The largest absolute Gasteiger partial charge is 0.480 e.